The first-order chi connectivity index (χ1) is 9.02. The van der Waals surface area contributed by atoms with Crippen molar-refractivity contribution in [2.45, 2.75) is 95.3 Å². The molecule has 0 unspecified atom stereocenters. The third-order valence-corrected chi connectivity index (χ3v) is 4.56. The van der Waals surface area contributed by atoms with E-state index in [0.29, 0.717) is 38.5 Å². The number of hydrogen-bond donors (Lipinski definition) is 3. The highest BCUT2D eigenvalue weighted by Crippen LogP contribution is 2.40. The molecule has 0 amide bonds. The van der Waals surface area contributed by atoms with Gasteiger partial charge >= 0.3 is 0 Å². The maximum atomic E-state index is 10.0. The fraction of sp³-hybridized carbons (Fsp3) is 1.00. The van der Waals surface area contributed by atoms with Gasteiger partial charge in [0.1, 0.15) is 0 Å². The first kappa shape index (κ1) is 16.2. The van der Waals surface area contributed by atoms with Crippen LogP contribution in [-0.2, 0) is 4.84 Å². The number of piperidine rings is 1. The molecule has 3 N–H and O–H groups in total. The van der Waals surface area contributed by atoms with Crippen LogP contribution in [-0.4, -0.2) is 49.5 Å². The van der Waals surface area contributed by atoms with Gasteiger partial charge < -0.3 is 15.3 Å². The number of aliphatic hydroxyl groups is 3. The van der Waals surface area contributed by atoms with E-state index in [4.69, 9.17) is 4.84 Å². The number of hydrogen-bond acceptors (Lipinski definition) is 5. The summed E-state index contributed by atoms with van der Waals surface area (Å²) in [5, 5.41) is 31.2. The zero-order valence-electron chi connectivity index (χ0n) is 13.1. The monoisotopic (exact) mass is 287 g/mol. The Labute approximate surface area is 121 Å². The molecule has 1 aliphatic carbocycles. The molecule has 2 rings (SSSR count). The van der Waals surface area contributed by atoms with Gasteiger partial charge in [0.15, 0.2) is 5.79 Å². The van der Waals surface area contributed by atoms with Crippen molar-refractivity contribution in [2.24, 2.45) is 0 Å². The maximum absolute atomic E-state index is 10.0. The Kier molecular flexibility index (Phi) is 4.22. The van der Waals surface area contributed by atoms with Crippen molar-refractivity contribution < 1.29 is 20.2 Å². The third kappa shape index (κ3) is 3.52. The van der Waals surface area contributed by atoms with Crippen LogP contribution in [0.1, 0.15) is 66.2 Å². The molecule has 20 heavy (non-hydrogen) atoms. The van der Waals surface area contributed by atoms with Crippen molar-refractivity contribution >= 4 is 0 Å². The summed E-state index contributed by atoms with van der Waals surface area (Å²) >= 11 is 0. The van der Waals surface area contributed by atoms with Gasteiger partial charge in [0, 0.05) is 23.9 Å². The van der Waals surface area contributed by atoms with Gasteiger partial charge in [-0.2, -0.15) is 5.06 Å². The lowest BCUT2D eigenvalue weighted by Crippen LogP contribution is -2.62. The van der Waals surface area contributed by atoms with Crippen LogP contribution in [0.25, 0.3) is 0 Å². The summed E-state index contributed by atoms with van der Waals surface area (Å²) in [4.78, 5) is 6.20. The van der Waals surface area contributed by atoms with E-state index in [9.17, 15) is 15.3 Å². The van der Waals surface area contributed by atoms with Crippen LogP contribution in [0.2, 0.25) is 0 Å². The van der Waals surface area contributed by atoms with E-state index in [2.05, 4.69) is 27.7 Å². The van der Waals surface area contributed by atoms with E-state index in [1.807, 2.05) is 5.06 Å². The van der Waals surface area contributed by atoms with Gasteiger partial charge in [-0.3, -0.25) is 4.84 Å². The lowest BCUT2D eigenvalue weighted by atomic mass is 9.80. The van der Waals surface area contributed by atoms with E-state index in [0.717, 1.165) is 0 Å². The zero-order valence-corrected chi connectivity index (χ0v) is 13.1. The average Bonchev–Trinajstić information content (AvgIpc) is 2.23. The summed E-state index contributed by atoms with van der Waals surface area (Å²) in [6, 6.07) is 0. The van der Waals surface area contributed by atoms with Crippen LogP contribution in [0.15, 0.2) is 0 Å². The highest BCUT2D eigenvalue weighted by Gasteiger charge is 2.47. The molecule has 0 aromatic heterocycles. The lowest BCUT2D eigenvalue weighted by molar-refractivity contribution is -0.325. The molecule has 0 atom stereocenters. The molecule has 0 bridgehead atoms. The maximum Gasteiger partial charge on any atom is 0.162 e. The Morgan fingerprint density at radius 3 is 1.85 bits per heavy atom. The summed E-state index contributed by atoms with van der Waals surface area (Å²) in [7, 11) is 0. The number of rotatable bonds is 2. The Hall–Kier alpha value is -0.200. The molecule has 5 heteroatoms. The molecule has 2 aliphatic rings. The molecule has 0 radical (unpaired) electrons. The fourth-order valence-corrected chi connectivity index (χ4v) is 3.80. The Balaban J connectivity index is 2.03. The Bertz CT molecular complexity index is 326. The van der Waals surface area contributed by atoms with Crippen LogP contribution in [0, 0.1) is 0 Å². The smallest absolute Gasteiger partial charge is 0.162 e. The molecule has 1 saturated carbocycles. The van der Waals surface area contributed by atoms with Gasteiger partial charge in [-0.25, -0.2) is 0 Å². The number of hydroxylamine groups is 2. The van der Waals surface area contributed by atoms with Gasteiger partial charge in [-0.05, 0) is 53.4 Å². The van der Waals surface area contributed by atoms with Crippen molar-refractivity contribution in [1.29, 1.82) is 0 Å². The molecule has 0 spiro atoms. The highest BCUT2D eigenvalue weighted by molar-refractivity contribution is 4.97. The normalized spacial score (nSPS) is 31.4. The number of nitrogens with zero attached hydrogens (tertiary/aromatic N) is 1. The summed E-state index contributed by atoms with van der Waals surface area (Å²) in [5.41, 5.74) is -0.456. The van der Waals surface area contributed by atoms with Crippen LogP contribution >= 0.6 is 0 Å². The fourth-order valence-electron chi connectivity index (χ4n) is 3.80. The molecule has 118 valence electrons. The van der Waals surface area contributed by atoms with E-state index >= 15 is 0 Å². The first-order valence-corrected chi connectivity index (χ1v) is 7.62. The molecule has 1 aliphatic heterocycles. The van der Waals surface area contributed by atoms with E-state index < -0.39 is 5.79 Å². The summed E-state index contributed by atoms with van der Waals surface area (Å²) in [6.45, 7) is 8.34. The third-order valence-electron chi connectivity index (χ3n) is 4.56. The summed E-state index contributed by atoms with van der Waals surface area (Å²) in [5.74, 6) is -1.52. The van der Waals surface area contributed by atoms with E-state index in [-0.39, 0.29) is 23.3 Å². The lowest BCUT2D eigenvalue weighted by Gasteiger charge is -2.54. The van der Waals surface area contributed by atoms with Crippen molar-refractivity contribution in [3.8, 4) is 0 Å². The highest BCUT2D eigenvalue weighted by atomic mass is 16.7. The zero-order chi connectivity index (χ0) is 15.2. The Morgan fingerprint density at radius 2 is 1.40 bits per heavy atom. The van der Waals surface area contributed by atoms with Gasteiger partial charge in [0.05, 0.1) is 12.2 Å². The van der Waals surface area contributed by atoms with E-state index in [1.54, 1.807) is 0 Å². The first-order valence-electron chi connectivity index (χ1n) is 7.62. The number of aliphatic hydroxyl groups excluding tert-OH is 1. The summed E-state index contributed by atoms with van der Waals surface area (Å²) < 4.78 is 0. The van der Waals surface area contributed by atoms with Crippen molar-refractivity contribution in [3.63, 3.8) is 0 Å². The van der Waals surface area contributed by atoms with Crippen LogP contribution in [0.5, 0.6) is 0 Å². The molecular weight excluding hydrogens is 258 g/mol. The van der Waals surface area contributed by atoms with Crippen LogP contribution < -0.4 is 0 Å². The van der Waals surface area contributed by atoms with E-state index in [1.165, 1.54) is 0 Å². The summed E-state index contributed by atoms with van der Waals surface area (Å²) in [6.07, 6.45) is 3.12. The molecule has 0 aromatic rings. The molecular formula is C15H29NO4. The van der Waals surface area contributed by atoms with Crippen LogP contribution in [0.4, 0.5) is 0 Å². The minimum Gasteiger partial charge on any atom is -0.393 e. The van der Waals surface area contributed by atoms with Crippen molar-refractivity contribution in [1.82, 2.24) is 5.06 Å². The predicted molar refractivity (Wildman–Crippen MR) is 75.7 cm³/mol. The largest absolute Gasteiger partial charge is 0.393 e. The van der Waals surface area contributed by atoms with Crippen molar-refractivity contribution in [3.05, 3.63) is 0 Å². The molecule has 0 aromatic carbocycles. The standard InChI is InChI=1S/C15H29NO4/c1-13(2)9-11(17)10-14(3,4)16(13)20-12-5-7-15(18,19)8-6-12/h11-12,17-19H,5-10H2,1-4H3. The van der Waals surface area contributed by atoms with Gasteiger partial charge in [-0.15, -0.1) is 0 Å². The Morgan fingerprint density at radius 1 is 0.950 bits per heavy atom. The van der Waals surface area contributed by atoms with Gasteiger partial charge in [-0.1, -0.05) is 0 Å². The second kappa shape index (κ2) is 5.21. The minimum absolute atomic E-state index is 0.0243. The van der Waals surface area contributed by atoms with Gasteiger partial charge in [0.25, 0.3) is 0 Å². The predicted octanol–water partition coefficient (Wildman–Crippen LogP) is 1.56. The average molecular weight is 287 g/mol. The molecule has 2 fully saturated rings. The quantitative estimate of drug-likeness (QED) is 0.672. The molecule has 1 heterocycles. The molecule has 1 saturated heterocycles. The molecule has 5 nitrogen and oxygen atoms in total. The SMILES string of the molecule is CC1(C)CC(O)CC(C)(C)N1OC1CCC(O)(O)CC1. The minimum atomic E-state index is -1.52. The van der Waals surface area contributed by atoms with Gasteiger partial charge in [0.2, 0.25) is 0 Å². The van der Waals surface area contributed by atoms with Crippen LogP contribution in [0.3, 0.4) is 0 Å². The van der Waals surface area contributed by atoms with Crippen molar-refractivity contribution in [2.75, 3.05) is 0 Å². The second-order valence-corrected chi connectivity index (χ2v) is 7.77. The topological polar surface area (TPSA) is 73.2 Å². The second-order valence-electron chi connectivity index (χ2n) is 7.77.